The fourth-order valence-electron chi connectivity index (χ4n) is 1.42. The van der Waals surface area contributed by atoms with Crippen LogP contribution in [-0.2, 0) is 0 Å². The second-order valence-corrected chi connectivity index (χ2v) is 4.39. The van der Waals surface area contributed by atoms with Gasteiger partial charge in [0.15, 0.2) is 17.3 Å². The van der Waals surface area contributed by atoms with Crippen LogP contribution < -0.4 is 4.74 Å². The van der Waals surface area contributed by atoms with Crippen LogP contribution in [0.25, 0.3) is 0 Å². The van der Waals surface area contributed by atoms with E-state index in [0.29, 0.717) is 12.0 Å². The Hall–Kier alpha value is -1.38. The number of ether oxygens (including phenoxy) is 1. The first kappa shape index (κ1) is 12.7. The molecule has 1 rings (SSSR count). The number of hydrogen-bond acceptors (Lipinski definition) is 2. The average Bonchev–Trinajstić information content (AvgIpc) is 2.27. The lowest BCUT2D eigenvalue weighted by Gasteiger charge is -2.22. The molecule has 0 aliphatic carbocycles. The zero-order valence-electron chi connectivity index (χ0n) is 10.1. The predicted octanol–water partition coefficient (Wildman–Crippen LogP) is 3.45. The number of benzene rings is 1. The summed E-state index contributed by atoms with van der Waals surface area (Å²) in [6.45, 7) is 5.63. The number of carbonyl (C=O) groups is 1. The van der Waals surface area contributed by atoms with Crippen molar-refractivity contribution in [3.05, 3.63) is 29.6 Å². The number of ketones is 1. The van der Waals surface area contributed by atoms with Gasteiger partial charge >= 0.3 is 0 Å². The maximum atomic E-state index is 13.4. The van der Waals surface area contributed by atoms with Gasteiger partial charge in [0.25, 0.3) is 0 Å². The molecule has 1 aromatic carbocycles. The van der Waals surface area contributed by atoms with Gasteiger partial charge in [0, 0.05) is 5.41 Å². The van der Waals surface area contributed by atoms with Crippen molar-refractivity contribution >= 4 is 5.78 Å². The standard InChI is InChI=1S/C13H17FO2/c1-5-13(2,3)12(15)9-7-6-8-10(14)11(9)16-4/h6-8H,5H2,1-4H3. The van der Waals surface area contributed by atoms with Gasteiger partial charge in [-0.05, 0) is 18.6 Å². The maximum Gasteiger partial charge on any atom is 0.172 e. The second-order valence-electron chi connectivity index (χ2n) is 4.39. The van der Waals surface area contributed by atoms with Crippen LogP contribution in [0.2, 0.25) is 0 Å². The number of para-hydroxylation sites is 1. The van der Waals surface area contributed by atoms with Crippen LogP contribution in [-0.4, -0.2) is 12.9 Å². The van der Waals surface area contributed by atoms with Gasteiger partial charge in [-0.1, -0.05) is 26.8 Å². The number of Topliss-reactive ketones (excluding diaryl/α,β-unsaturated/α-hetero) is 1. The number of halogens is 1. The van der Waals surface area contributed by atoms with Gasteiger partial charge in [-0.15, -0.1) is 0 Å². The molecule has 0 unspecified atom stereocenters. The fourth-order valence-corrected chi connectivity index (χ4v) is 1.42. The minimum Gasteiger partial charge on any atom is -0.493 e. The molecule has 3 heteroatoms. The summed E-state index contributed by atoms with van der Waals surface area (Å²) >= 11 is 0. The van der Waals surface area contributed by atoms with Crippen molar-refractivity contribution in [1.29, 1.82) is 0 Å². The first-order chi connectivity index (χ1) is 7.44. The van der Waals surface area contributed by atoms with Crippen molar-refractivity contribution in [2.24, 2.45) is 5.41 Å². The molecule has 2 nitrogen and oxygen atoms in total. The highest BCUT2D eigenvalue weighted by molar-refractivity contribution is 6.02. The van der Waals surface area contributed by atoms with E-state index in [2.05, 4.69) is 0 Å². The Morgan fingerprint density at radius 1 is 1.44 bits per heavy atom. The summed E-state index contributed by atoms with van der Waals surface area (Å²) in [7, 11) is 1.37. The van der Waals surface area contributed by atoms with Crippen molar-refractivity contribution in [2.45, 2.75) is 27.2 Å². The molecular weight excluding hydrogens is 207 g/mol. The first-order valence-corrected chi connectivity index (χ1v) is 5.31. The average molecular weight is 224 g/mol. The molecular formula is C13H17FO2. The van der Waals surface area contributed by atoms with E-state index in [9.17, 15) is 9.18 Å². The van der Waals surface area contributed by atoms with E-state index in [1.165, 1.54) is 19.2 Å². The van der Waals surface area contributed by atoms with Crippen LogP contribution in [0.5, 0.6) is 5.75 Å². The topological polar surface area (TPSA) is 26.3 Å². The molecule has 0 saturated carbocycles. The molecule has 0 aliphatic rings. The van der Waals surface area contributed by atoms with E-state index in [4.69, 9.17) is 4.74 Å². The van der Waals surface area contributed by atoms with Gasteiger partial charge < -0.3 is 4.74 Å². The van der Waals surface area contributed by atoms with Crippen molar-refractivity contribution in [3.8, 4) is 5.75 Å². The van der Waals surface area contributed by atoms with E-state index < -0.39 is 11.2 Å². The Morgan fingerprint density at radius 2 is 2.06 bits per heavy atom. The SMILES string of the molecule is CCC(C)(C)C(=O)c1cccc(F)c1OC. The van der Waals surface area contributed by atoms with E-state index >= 15 is 0 Å². The molecule has 1 aromatic rings. The number of methoxy groups -OCH3 is 1. The van der Waals surface area contributed by atoms with Crippen LogP contribution >= 0.6 is 0 Å². The van der Waals surface area contributed by atoms with Crippen molar-refractivity contribution in [2.75, 3.05) is 7.11 Å². The Kier molecular flexibility index (Phi) is 3.68. The first-order valence-electron chi connectivity index (χ1n) is 5.31. The summed E-state index contributed by atoms with van der Waals surface area (Å²) in [5.74, 6) is -0.555. The summed E-state index contributed by atoms with van der Waals surface area (Å²) in [5.41, 5.74) is -0.185. The van der Waals surface area contributed by atoms with E-state index in [1.54, 1.807) is 6.07 Å². The third kappa shape index (κ3) is 2.23. The summed E-state index contributed by atoms with van der Waals surface area (Å²) in [6.07, 6.45) is 0.700. The lowest BCUT2D eigenvalue weighted by Crippen LogP contribution is -2.24. The quantitative estimate of drug-likeness (QED) is 0.732. The minimum atomic E-state index is -0.500. The highest BCUT2D eigenvalue weighted by Gasteiger charge is 2.29. The zero-order valence-corrected chi connectivity index (χ0v) is 10.1. The lowest BCUT2D eigenvalue weighted by molar-refractivity contribution is 0.0829. The number of carbonyl (C=O) groups excluding carboxylic acids is 1. The van der Waals surface area contributed by atoms with Gasteiger partial charge in [-0.25, -0.2) is 4.39 Å². The maximum absolute atomic E-state index is 13.4. The molecule has 0 fully saturated rings. The highest BCUT2D eigenvalue weighted by atomic mass is 19.1. The fraction of sp³-hybridized carbons (Fsp3) is 0.462. The second kappa shape index (κ2) is 4.64. The Bertz CT molecular complexity index is 397. The van der Waals surface area contributed by atoms with Crippen LogP contribution in [0.3, 0.4) is 0 Å². The zero-order chi connectivity index (χ0) is 12.3. The monoisotopic (exact) mass is 224 g/mol. The van der Waals surface area contributed by atoms with E-state index in [1.807, 2.05) is 20.8 Å². The summed E-state index contributed by atoms with van der Waals surface area (Å²) in [4.78, 5) is 12.2. The third-order valence-electron chi connectivity index (χ3n) is 2.91. The van der Waals surface area contributed by atoms with Crippen LogP contribution in [0.15, 0.2) is 18.2 Å². The highest BCUT2D eigenvalue weighted by Crippen LogP contribution is 2.31. The molecule has 0 radical (unpaired) electrons. The molecule has 0 aromatic heterocycles. The summed E-state index contributed by atoms with van der Waals surface area (Å²) in [5, 5.41) is 0. The lowest BCUT2D eigenvalue weighted by atomic mass is 9.82. The molecule has 0 atom stereocenters. The van der Waals surface area contributed by atoms with Gasteiger partial charge in [0.2, 0.25) is 0 Å². The van der Waals surface area contributed by atoms with Gasteiger partial charge in [-0.2, -0.15) is 0 Å². The summed E-state index contributed by atoms with van der Waals surface area (Å²) < 4.78 is 18.4. The van der Waals surface area contributed by atoms with Gasteiger partial charge in [-0.3, -0.25) is 4.79 Å². The molecule has 0 heterocycles. The Morgan fingerprint density at radius 3 is 2.56 bits per heavy atom. The molecule has 0 saturated heterocycles. The molecule has 0 spiro atoms. The van der Waals surface area contributed by atoms with E-state index in [-0.39, 0.29) is 11.5 Å². The van der Waals surface area contributed by atoms with Gasteiger partial charge in [0.05, 0.1) is 12.7 Å². The molecule has 0 amide bonds. The normalized spacial score (nSPS) is 11.3. The molecule has 0 aliphatic heterocycles. The van der Waals surface area contributed by atoms with Crippen LogP contribution in [0.4, 0.5) is 4.39 Å². The number of rotatable bonds is 4. The molecule has 0 N–H and O–H groups in total. The van der Waals surface area contributed by atoms with Crippen molar-refractivity contribution in [3.63, 3.8) is 0 Å². The number of hydrogen-bond donors (Lipinski definition) is 0. The smallest absolute Gasteiger partial charge is 0.172 e. The Labute approximate surface area is 95.4 Å². The predicted molar refractivity (Wildman–Crippen MR) is 61.4 cm³/mol. The van der Waals surface area contributed by atoms with E-state index in [0.717, 1.165) is 0 Å². The third-order valence-corrected chi connectivity index (χ3v) is 2.91. The molecule has 88 valence electrons. The van der Waals surface area contributed by atoms with Crippen molar-refractivity contribution in [1.82, 2.24) is 0 Å². The molecule has 16 heavy (non-hydrogen) atoms. The minimum absolute atomic E-state index is 0.0361. The van der Waals surface area contributed by atoms with Gasteiger partial charge in [0.1, 0.15) is 0 Å². The van der Waals surface area contributed by atoms with Crippen LogP contribution in [0.1, 0.15) is 37.6 Å². The summed E-state index contributed by atoms with van der Waals surface area (Å²) in [6, 6.07) is 4.41. The van der Waals surface area contributed by atoms with Crippen molar-refractivity contribution < 1.29 is 13.9 Å². The van der Waals surface area contributed by atoms with Crippen LogP contribution in [0, 0.1) is 11.2 Å². The molecule has 0 bridgehead atoms. The Balaban J connectivity index is 3.24. The largest absolute Gasteiger partial charge is 0.493 e.